The van der Waals surface area contributed by atoms with Gasteiger partial charge in [0.25, 0.3) is 0 Å². The fraction of sp³-hybridized carbons (Fsp3) is 0.562. The monoisotopic (exact) mass is 310 g/mol. The highest BCUT2D eigenvalue weighted by Gasteiger charge is 2.14. The number of hydrogen-bond donors (Lipinski definition) is 1. The normalized spacial score (nSPS) is 12.5. The number of rotatable bonds is 7. The molecule has 1 aromatic carbocycles. The number of nitriles is 1. The van der Waals surface area contributed by atoms with Gasteiger partial charge in [0.1, 0.15) is 18.5 Å². The molecule has 0 aliphatic rings. The molecule has 1 N–H and O–H groups in total. The zero-order chi connectivity index (χ0) is 16.0. The SMILES string of the molecule is Cc1cc(OCC(O)CN(C)CC#N)c(C(C)C)cc1Cl. The second-order valence-electron chi connectivity index (χ2n) is 5.61. The molecular weight excluding hydrogens is 288 g/mol. The average Bonchev–Trinajstić information content (AvgIpc) is 2.39. The van der Waals surface area contributed by atoms with Crippen LogP contribution in [-0.2, 0) is 0 Å². The van der Waals surface area contributed by atoms with Crippen molar-refractivity contribution >= 4 is 11.6 Å². The van der Waals surface area contributed by atoms with Crippen LogP contribution in [0.3, 0.4) is 0 Å². The predicted molar refractivity (Wildman–Crippen MR) is 84.9 cm³/mol. The molecule has 116 valence electrons. The first-order valence-electron chi connectivity index (χ1n) is 7.01. The summed E-state index contributed by atoms with van der Waals surface area (Å²) in [4.78, 5) is 1.75. The number of halogens is 1. The number of ether oxygens (including phenoxy) is 1. The molecule has 0 spiro atoms. The molecule has 1 unspecified atom stereocenters. The highest BCUT2D eigenvalue weighted by atomic mass is 35.5. The van der Waals surface area contributed by atoms with Crippen molar-refractivity contribution < 1.29 is 9.84 Å². The van der Waals surface area contributed by atoms with Gasteiger partial charge in [-0.2, -0.15) is 5.26 Å². The molecule has 0 bridgehead atoms. The van der Waals surface area contributed by atoms with E-state index in [-0.39, 0.29) is 19.1 Å². The Morgan fingerprint density at radius 2 is 2.10 bits per heavy atom. The van der Waals surface area contributed by atoms with E-state index < -0.39 is 6.10 Å². The minimum Gasteiger partial charge on any atom is -0.491 e. The van der Waals surface area contributed by atoms with Crippen LogP contribution < -0.4 is 4.74 Å². The Bertz CT molecular complexity index is 512. The summed E-state index contributed by atoms with van der Waals surface area (Å²) in [5.74, 6) is 1.05. The summed E-state index contributed by atoms with van der Waals surface area (Å²) in [6.07, 6.45) is -0.639. The molecule has 0 saturated carbocycles. The van der Waals surface area contributed by atoms with Crippen LogP contribution in [0.4, 0.5) is 0 Å². The van der Waals surface area contributed by atoms with Crippen LogP contribution in [0.1, 0.15) is 30.9 Å². The lowest BCUT2D eigenvalue weighted by Crippen LogP contribution is -2.33. The van der Waals surface area contributed by atoms with Crippen LogP contribution in [0.2, 0.25) is 5.02 Å². The lowest BCUT2D eigenvalue weighted by molar-refractivity contribution is 0.0794. The van der Waals surface area contributed by atoms with E-state index in [1.165, 1.54) is 0 Å². The lowest BCUT2D eigenvalue weighted by Gasteiger charge is -2.20. The van der Waals surface area contributed by atoms with Gasteiger partial charge in [0.2, 0.25) is 0 Å². The van der Waals surface area contributed by atoms with Crippen molar-refractivity contribution in [2.24, 2.45) is 0 Å². The van der Waals surface area contributed by atoms with Crippen molar-refractivity contribution in [1.29, 1.82) is 5.26 Å². The van der Waals surface area contributed by atoms with Crippen LogP contribution in [0.15, 0.2) is 12.1 Å². The summed E-state index contributed by atoms with van der Waals surface area (Å²) in [6, 6.07) is 5.87. The number of nitrogens with zero attached hydrogens (tertiary/aromatic N) is 2. The van der Waals surface area contributed by atoms with Gasteiger partial charge >= 0.3 is 0 Å². The van der Waals surface area contributed by atoms with E-state index in [1.807, 2.05) is 25.1 Å². The molecular formula is C16H23ClN2O2. The van der Waals surface area contributed by atoms with E-state index in [2.05, 4.69) is 13.8 Å². The van der Waals surface area contributed by atoms with Gasteiger partial charge in [-0.3, -0.25) is 4.90 Å². The van der Waals surface area contributed by atoms with Crippen molar-refractivity contribution in [3.63, 3.8) is 0 Å². The zero-order valence-corrected chi connectivity index (χ0v) is 13.8. The number of aliphatic hydroxyl groups is 1. The van der Waals surface area contributed by atoms with E-state index in [9.17, 15) is 5.11 Å². The molecule has 4 nitrogen and oxygen atoms in total. The molecule has 0 aliphatic heterocycles. The van der Waals surface area contributed by atoms with Gasteiger partial charge < -0.3 is 9.84 Å². The zero-order valence-electron chi connectivity index (χ0n) is 13.1. The number of benzene rings is 1. The standard InChI is InChI=1S/C16H23ClN2O2/c1-11(2)14-8-15(17)12(3)7-16(14)21-10-13(20)9-19(4)6-5-18/h7-8,11,13,20H,6,9-10H2,1-4H3. The first-order valence-corrected chi connectivity index (χ1v) is 7.39. The Morgan fingerprint density at radius 3 is 2.67 bits per heavy atom. The fourth-order valence-electron chi connectivity index (χ4n) is 2.03. The molecule has 0 fully saturated rings. The summed E-state index contributed by atoms with van der Waals surface area (Å²) >= 11 is 6.15. The maximum atomic E-state index is 9.96. The Kier molecular flexibility index (Phi) is 6.97. The van der Waals surface area contributed by atoms with Gasteiger partial charge in [-0.25, -0.2) is 0 Å². The summed E-state index contributed by atoms with van der Waals surface area (Å²) in [7, 11) is 1.79. The molecule has 1 aromatic rings. The van der Waals surface area contributed by atoms with Crippen molar-refractivity contribution in [2.45, 2.75) is 32.8 Å². The number of likely N-dealkylation sites (N-methyl/N-ethyl adjacent to an activating group) is 1. The fourth-order valence-corrected chi connectivity index (χ4v) is 2.20. The molecule has 1 atom stereocenters. The van der Waals surface area contributed by atoms with Crippen molar-refractivity contribution in [2.75, 3.05) is 26.7 Å². The maximum Gasteiger partial charge on any atom is 0.123 e. The molecule has 1 rings (SSSR count). The van der Waals surface area contributed by atoms with Gasteiger partial charge in [-0.1, -0.05) is 25.4 Å². The number of aliphatic hydroxyl groups excluding tert-OH is 1. The summed E-state index contributed by atoms with van der Waals surface area (Å²) < 4.78 is 5.76. The molecule has 0 amide bonds. The topological polar surface area (TPSA) is 56.5 Å². The minimum atomic E-state index is -0.639. The van der Waals surface area contributed by atoms with E-state index in [4.69, 9.17) is 21.6 Å². The summed E-state index contributed by atoms with van der Waals surface area (Å²) in [6.45, 7) is 6.95. The molecule has 0 aliphatic carbocycles. The van der Waals surface area contributed by atoms with Gasteiger partial charge in [0, 0.05) is 11.6 Å². The Labute approximate surface area is 131 Å². The number of aryl methyl sites for hydroxylation is 1. The van der Waals surface area contributed by atoms with Gasteiger partial charge in [0.05, 0.1) is 12.6 Å². The Balaban J connectivity index is 2.70. The van der Waals surface area contributed by atoms with E-state index in [0.717, 1.165) is 21.9 Å². The van der Waals surface area contributed by atoms with Crippen LogP contribution in [0.25, 0.3) is 0 Å². The third kappa shape index (κ3) is 5.55. The van der Waals surface area contributed by atoms with Crippen molar-refractivity contribution in [3.05, 3.63) is 28.3 Å². The van der Waals surface area contributed by atoms with Crippen LogP contribution in [0.5, 0.6) is 5.75 Å². The first kappa shape index (κ1) is 17.8. The van der Waals surface area contributed by atoms with Crippen molar-refractivity contribution in [1.82, 2.24) is 4.90 Å². The Hall–Kier alpha value is -1.28. The summed E-state index contributed by atoms with van der Waals surface area (Å²) in [5.41, 5.74) is 1.98. The molecule has 5 heteroatoms. The third-order valence-electron chi connectivity index (χ3n) is 3.21. The average molecular weight is 311 g/mol. The largest absolute Gasteiger partial charge is 0.491 e. The number of hydrogen-bond acceptors (Lipinski definition) is 4. The van der Waals surface area contributed by atoms with Gasteiger partial charge in [0.15, 0.2) is 0 Å². The van der Waals surface area contributed by atoms with Gasteiger partial charge in [-0.05, 0) is 43.1 Å². The van der Waals surface area contributed by atoms with Crippen LogP contribution in [0, 0.1) is 18.3 Å². The van der Waals surface area contributed by atoms with E-state index in [0.29, 0.717) is 6.54 Å². The van der Waals surface area contributed by atoms with Crippen LogP contribution in [-0.4, -0.2) is 42.9 Å². The molecule has 21 heavy (non-hydrogen) atoms. The highest BCUT2D eigenvalue weighted by Crippen LogP contribution is 2.32. The lowest BCUT2D eigenvalue weighted by atomic mass is 10.0. The smallest absolute Gasteiger partial charge is 0.123 e. The quantitative estimate of drug-likeness (QED) is 0.787. The molecule has 0 heterocycles. The van der Waals surface area contributed by atoms with Crippen LogP contribution >= 0.6 is 11.6 Å². The molecule has 0 saturated heterocycles. The van der Waals surface area contributed by atoms with Crippen molar-refractivity contribution in [3.8, 4) is 11.8 Å². The first-order chi connectivity index (χ1) is 9.85. The molecule has 0 aromatic heterocycles. The Morgan fingerprint density at radius 1 is 1.43 bits per heavy atom. The van der Waals surface area contributed by atoms with E-state index >= 15 is 0 Å². The third-order valence-corrected chi connectivity index (χ3v) is 3.61. The predicted octanol–water partition coefficient (Wildman–Crippen LogP) is 2.97. The maximum absolute atomic E-state index is 9.96. The highest BCUT2D eigenvalue weighted by molar-refractivity contribution is 6.31. The second kappa shape index (κ2) is 8.23. The molecule has 0 radical (unpaired) electrons. The summed E-state index contributed by atoms with van der Waals surface area (Å²) in [5, 5.41) is 19.3. The minimum absolute atomic E-state index is 0.191. The van der Waals surface area contributed by atoms with Gasteiger partial charge in [-0.15, -0.1) is 0 Å². The second-order valence-corrected chi connectivity index (χ2v) is 6.02. The van der Waals surface area contributed by atoms with E-state index in [1.54, 1.807) is 11.9 Å².